The lowest BCUT2D eigenvalue weighted by Crippen LogP contribution is -2.07. The third-order valence-electron chi connectivity index (χ3n) is 3.55. The molecule has 0 aliphatic heterocycles. The molecule has 0 bridgehead atoms. The van der Waals surface area contributed by atoms with Gasteiger partial charge in [0.25, 0.3) is 0 Å². The Balaban J connectivity index is 2.27. The molecule has 2 aromatic rings. The van der Waals surface area contributed by atoms with Crippen LogP contribution in [0.25, 0.3) is 0 Å². The van der Waals surface area contributed by atoms with Crippen LogP contribution in [0.5, 0.6) is 5.75 Å². The summed E-state index contributed by atoms with van der Waals surface area (Å²) in [5.74, 6) is -1.31. The molecular formula is C17H17FO3. The first-order valence-electron chi connectivity index (χ1n) is 6.62. The van der Waals surface area contributed by atoms with E-state index in [9.17, 15) is 9.18 Å². The van der Waals surface area contributed by atoms with Crippen LogP contribution in [0.3, 0.4) is 0 Å². The minimum Gasteiger partial charge on any atom is -0.488 e. The van der Waals surface area contributed by atoms with Crippen LogP contribution in [0.4, 0.5) is 4.39 Å². The molecule has 0 atom stereocenters. The zero-order valence-corrected chi connectivity index (χ0v) is 12.2. The third kappa shape index (κ3) is 3.05. The van der Waals surface area contributed by atoms with Gasteiger partial charge in [-0.3, -0.25) is 0 Å². The molecule has 0 saturated carbocycles. The summed E-state index contributed by atoms with van der Waals surface area (Å²) in [5, 5.41) is 8.92. The predicted molar refractivity (Wildman–Crippen MR) is 78.3 cm³/mol. The van der Waals surface area contributed by atoms with Gasteiger partial charge in [0.2, 0.25) is 0 Å². The van der Waals surface area contributed by atoms with E-state index in [0.717, 1.165) is 22.4 Å². The number of halogens is 1. The van der Waals surface area contributed by atoms with E-state index in [0.29, 0.717) is 0 Å². The highest BCUT2D eigenvalue weighted by molar-refractivity contribution is 5.88. The van der Waals surface area contributed by atoms with Gasteiger partial charge in [0.15, 0.2) is 0 Å². The van der Waals surface area contributed by atoms with Gasteiger partial charge in [-0.25, -0.2) is 9.18 Å². The Morgan fingerprint density at radius 1 is 1.14 bits per heavy atom. The molecule has 0 amide bonds. The Morgan fingerprint density at radius 2 is 1.81 bits per heavy atom. The fourth-order valence-corrected chi connectivity index (χ4v) is 2.15. The molecule has 110 valence electrons. The molecular weight excluding hydrogens is 271 g/mol. The summed E-state index contributed by atoms with van der Waals surface area (Å²) >= 11 is 0. The third-order valence-corrected chi connectivity index (χ3v) is 3.55. The van der Waals surface area contributed by atoms with Crippen LogP contribution in [-0.2, 0) is 6.61 Å². The van der Waals surface area contributed by atoms with Crippen molar-refractivity contribution < 1.29 is 19.0 Å². The summed E-state index contributed by atoms with van der Waals surface area (Å²) in [7, 11) is 0. The Labute approximate surface area is 123 Å². The number of hydrogen-bond acceptors (Lipinski definition) is 2. The quantitative estimate of drug-likeness (QED) is 0.924. The van der Waals surface area contributed by atoms with E-state index in [1.807, 2.05) is 32.9 Å². The molecule has 0 heterocycles. The Kier molecular flexibility index (Phi) is 4.26. The number of ether oxygens (including phenoxy) is 1. The number of rotatable bonds is 4. The van der Waals surface area contributed by atoms with Crippen molar-refractivity contribution in [2.45, 2.75) is 27.4 Å². The Morgan fingerprint density at radius 3 is 2.48 bits per heavy atom. The van der Waals surface area contributed by atoms with Crippen molar-refractivity contribution in [3.8, 4) is 5.75 Å². The number of carbonyl (C=O) groups is 1. The number of benzene rings is 2. The average Bonchev–Trinajstić information content (AvgIpc) is 2.44. The van der Waals surface area contributed by atoms with E-state index in [1.54, 1.807) is 0 Å². The van der Waals surface area contributed by atoms with Crippen molar-refractivity contribution in [1.82, 2.24) is 0 Å². The largest absolute Gasteiger partial charge is 0.488 e. The number of carboxylic acid groups (broad SMARTS) is 1. The van der Waals surface area contributed by atoms with E-state index in [1.165, 1.54) is 18.2 Å². The SMILES string of the molecule is Cc1ccc(C)c(OCc2cccc(C(=O)O)c2F)c1C. The molecule has 2 rings (SSSR count). The monoisotopic (exact) mass is 288 g/mol. The van der Waals surface area contributed by atoms with Crippen LogP contribution in [0, 0.1) is 26.6 Å². The fraction of sp³-hybridized carbons (Fsp3) is 0.235. The van der Waals surface area contributed by atoms with Crippen molar-refractivity contribution in [2.75, 3.05) is 0 Å². The highest BCUT2D eigenvalue weighted by Crippen LogP contribution is 2.27. The second kappa shape index (κ2) is 5.95. The van der Waals surface area contributed by atoms with Gasteiger partial charge in [-0.15, -0.1) is 0 Å². The first-order valence-corrected chi connectivity index (χ1v) is 6.62. The number of hydrogen-bond donors (Lipinski definition) is 1. The van der Waals surface area contributed by atoms with Crippen LogP contribution in [-0.4, -0.2) is 11.1 Å². The van der Waals surface area contributed by atoms with Crippen LogP contribution in [0.2, 0.25) is 0 Å². The summed E-state index contributed by atoms with van der Waals surface area (Å²) in [4.78, 5) is 10.9. The van der Waals surface area contributed by atoms with Crippen molar-refractivity contribution in [2.24, 2.45) is 0 Å². The number of aromatic carboxylic acids is 1. The standard InChI is InChI=1S/C17H17FO3/c1-10-7-8-11(2)16(12(10)3)21-9-13-5-4-6-14(15(13)18)17(19)20/h4-8H,9H2,1-3H3,(H,19,20). The van der Waals surface area contributed by atoms with Crippen LogP contribution in [0.15, 0.2) is 30.3 Å². The topological polar surface area (TPSA) is 46.5 Å². The lowest BCUT2D eigenvalue weighted by atomic mass is 10.1. The smallest absolute Gasteiger partial charge is 0.338 e. The van der Waals surface area contributed by atoms with E-state index in [2.05, 4.69) is 0 Å². The molecule has 0 fully saturated rings. The van der Waals surface area contributed by atoms with Gasteiger partial charge >= 0.3 is 5.97 Å². The van der Waals surface area contributed by atoms with Crippen molar-refractivity contribution in [1.29, 1.82) is 0 Å². The van der Waals surface area contributed by atoms with Gasteiger partial charge in [0, 0.05) is 5.56 Å². The van der Waals surface area contributed by atoms with Gasteiger partial charge in [-0.05, 0) is 43.5 Å². The predicted octanol–water partition coefficient (Wildman–Crippen LogP) is 4.03. The molecule has 0 aliphatic carbocycles. The minimum absolute atomic E-state index is 0.00190. The maximum Gasteiger partial charge on any atom is 0.338 e. The molecule has 0 unspecified atom stereocenters. The van der Waals surface area contributed by atoms with Crippen LogP contribution >= 0.6 is 0 Å². The van der Waals surface area contributed by atoms with Gasteiger partial charge in [-0.1, -0.05) is 24.3 Å². The molecule has 0 radical (unpaired) electrons. The first-order chi connectivity index (χ1) is 9.91. The van der Waals surface area contributed by atoms with Crippen LogP contribution < -0.4 is 4.74 Å². The van der Waals surface area contributed by atoms with Gasteiger partial charge < -0.3 is 9.84 Å². The maximum atomic E-state index is 14.0. The lowest BCUT2D eigenvalue weighted by molar-refractivity contribution is 0.0691. The molecule has 3 nitrogen and oxygen atoms in total. The molecule has 0 aliphatic rings. The molecule has 0 spiro atoms. The zero-order valence-electron chi connectivity index (χ0n) is 12.2. The molecule has 21 heavy (non-hydrogen) atoms. The van der Waals surface area contributed by atoms with Crippen LogP contribution in [0.1, 0.15) is 32.6 Å². The van der Waals surface area contributed by atoms with E-state index in [4.69, 9.17) is 9.84 Å². The normalized spacial score (nSPS) is 10.5. The molecule has 2 aromatic carbocycles. The maximum absolute atomic E-state index is 14.0. The zero-order chi connectivity index (χ0) is 15.6. The highest BCUT2D eigenvalue weighted by Gasteiger charge is 2.15. The van der Waals surface area contributed by atoms with Gasteiger partial charge in [0.1, 0.15) is 18.2 Å². The fourth-order valence-electron chi connectivity index (χ4n) is 2.15. The summed E-state index contributed by atoms with van der Waals surface area (Å²) < 4.78 is 19.8. The van der Waals surface area contributed by atoms with Crippen molar-refractivity contribution >= 4 is 5.97 Å². The number of carboxylic acids is 1. The van der Waals surface area contributed by atoms with Gasteiger partial charge in [0.05, 0.1) is 5.56 Å². The minimum atomic E-state index is -1.28. The number of aryl methyl sites for hydroxylation is 2. The summed E-state index contributed by atoms with van der Waals surface area (Å²) in [6.07, 6.45) is 0. The summed E-state index contributed by atoms with van der Waals surface area (Å²) in [6, 6.07) is 8.23. The average molecular weight is 288 g/mol. The Hall–Kier alpha value is -2.36. The molecule has 0 aromatic heterocycles. The second-order valence-corrected chi connectivity index (χ2v) is 5.03. The van der Waals surface area contributed by atoms with Crippen molar-refractivity contribution in [3.63, 3.8) is 0 Å². The van der Waals surface area contributed by atoms with E-state index >= 15 is 0 Å². The second-order valence-electron chi connectivity index (χ2n) is 5.03. The van der Waals surface area contributed by atoms with Gasteiger partial charge in [-0.2, -0.15) is 0 Å². The molecule has 0 saturated heterocycles. The molecule has 4 heteroatoms. The lowest BCUT2D eigenvalue weighted by Gasteiger charge is -2.14. The summed E-state index contributed by atoms with van der Waals surface area (Å²) in [5.41, 5.74) is 2.96. The van der Waals surface area contributed by atoms with E-state index in [-0.39, 0.29) is 17.7 Å². The Bertz CT molecular complexity index is 693. The first kappa shape index (κ1) is 15.0. The van der Waals surface area contributed by atoms with E-state index < -0.39 is 11.8 Å². The molecule has 1 N–H and O–H groups in total. The van der Waals surface area contributed by atoms with Crippen molar-refractivity contribution in [3.05, 3.63) is 64.0 Å². The summed E-state index contributed by atoms with van der Waals surface area (Å²) in [6.45, 7) is 5.85. The highest BCUT2D eigenvalue weighted by atomic mass is 19.1.